The number of hydrogen-bond donors (Lipinski definition) is 3. The maximum absolute atomic E-state index is 12.9. The van der Waals surface area contributed by atoms with E-state index >= 15 is 0 Å². The second-order valence-electron chi connectivity index (χ2n) is 9.89. The molecule has 1 aliphatic heterocycles. The maximum Gasteiger partial charge on any atom is 0.255 e. The molecule has 1 aromatic heterocycles. The van der Waals surface area contributed by atoms with Gasteiger partial charge in [-0.2, -0.15) is 0 Å². The van der Waals surface area contributed by atoms with Crippen LogP contribution in [0.15, 0.2) is 60.8 Å². The van der Waals surface area contributed by atoms with Crippen LogP contribution in [-0.4, -0.2) is 65.8 Å². The lowest BCUT2D eigenvalue weighted by molar-refractivity contribution is 0.0375. The van der Waals surface area contributed by atoms with Gasteiger partial charge in [0.2, 0.25) is 5.95 Å². The lowest BCUT2D eigenvalue weighted by atomic mass is 10.1. The largest absolute Gasteiger partial charge is 0.379 e. The quantitative estimate of drug-likeness (QED) is 0.271. The zero-order valence-electron chi connectivity index (χ0n) is 21.8. The summed E-state index contributed by atoms with van der Waals surface area (Å²) in [7, 11) is 0. The van der Waals surface area contributed by atoms with Crippen molar-refractivity contribution in [2.75, 3.05) is 55.5 Å². The number of nitrogens with one attached hydrogen (secondary N) is 3. The third-order valence-corrected chi connectivity index (χ3v) is 5.78. The highest BCUT2D eigenvalue weighted by Gasteiger charge is 2.14. The predicted molar refractivity (Wildman–Crippen MR) is 147 cm³/mol. The molecule has 196 valence electrons. The first-order valence-electron chi connectivity index (χ1n) is 12.7. The van der Waals surface area contributed by atoms with Gasteiger partial charge in [0.05, 0.1) is 35.9 Å². The Hall–Kier alpha value is -3.53. The summed E-state index contributed by atoms with van der Waals surface area (Å²) in [6.45, 7) is 11.3. The van der Waals surface area contributed by atoms with Crippen LogP contribution < -0.4 is 16.1 Å². The number of nitrogens with zero attached hydrogens (tertiary/aromatic N) is 3. The van der Waals surface area contributed by atoms with Gasteiger partial charge in [0.1, 0.15) is 0 Å². The molecule has 0 aliphatic carbocycles. The van der Waals surface area contributed by atoms with Gasteiger partial charge < -0.3 is 15.4 Å². The molecule has 2 aromatic carbocycles. The molecule has 0 radical (unpaired) electrons. The van der Waals surface area contributed by atoms with Crippen LogP contribution in [0.25, 0.3) is 11.3 Å². The van der Waals surface area contributed by atoms with E-state index in [4.69, 9.17) is 9.57 Å². The van der Waals surface area contributed by atoms with Crippen molar-refractivity contribution in [1.82, 2.24) is 14.9 Å². The molecule has 2 heterocycles. The summed E-state index contributed by atoms with van der Waals surface area (Å²) in [5, 5.41) is 6.27. The van der Waals surface area contributed by atoms with E-state index in [0.29, 0.717) is 22.9 Å². The van der Waals surface area contributed by atoms with E-state index in [9.17, 15) is 4.79 Å². The normalized spacial score (nSPS) is 14.2. The molecular weight excluding hydrogens is 468 g/mol. The van der Waals surface area contributed by atoms with Crippen LogP contribution in [0.1, 0.15) is 37.6 Å². The van der Waals surface area contributed by atoms with Crippen molar-refractivity contribution in [2.24, 2.45) is 0 Å². The second-order valence-corrected chi connectivity index (χ2v) is 9.89. The summed E-state index contributed by atoms with van der Waals surface area (Å²) in [5.41, 5.74) is 6.16. The minimum absolute atomic E-state index is 0.207. The lowest BCUT2D eigenvalue weighted by Gasteiger charge is -2.26. The summed E-state index contributed by atoms with van der Waals surface area (Å²) in [5.74, 6) is 0.393. The molecule has 1 fully saturated rings. The van der Waals surface area contributed by atoms with Crippen LogP contribution in [0.2, 0.25) is 0 Å². The Balaban J connectivity index is 1.33. The molecule has 1 saturated heterocycles. The highest BCUT2D eigenvalue weighted by atomic mass is 16.7. The van der Waals surface area contributed by atoms with Gasteiger partial charge in [-0.3, -0.25) is 20.0 Å². The van der Waals surface area contributed by atoms with Crippen LogP contribution in [0.5, 0.6) is 0 Å². The number of carbonyl (C=O) groups excluding carboxylic acids is 1. The Morgan fingerprint density at radius 1 is 1.03 bits per heavy atom. The van der Waals surface area contributed by atoms with Gasteiger partial charge in [-0.1, -0.05) is 24.3 Å². The molecule has 0 bridgehead atoms. The zero-order valence-corrected chi connectivity index (χ0v) is 21.8. The van der Waals surface area contributed by atoms with E-state index in [0.717, 1.165) is 57.1 Å². The number of para-hydroxylation sites is 2. The van der Waals surface area contributed by atoms with Crippen molar-refractivity contribution in [3.05, 3.63) is 66.4 Å². The Bertz CT molecular complexity index is 1160. The van der Waals surface area contributed by atoms with Crippen molar-refractivity contribution in [3.8, 4) is 11.3 Å². The monoisotopic (exact) mass is 504 g/mol. The first-order valence-corrected chi connectivity index (χ1v) is 12.7. The number of morpholine rings is 1. The topological polar surface area (TPSA) is 101 Å². The van der Waals surface area contributed by atoms with E-state index in [1.807, 2.05) is 63.2 Å². The Morgan fingerprint density at radius 2 is 1.76 bits per heavy atom. The standard InChI is InChI=1S/C28H36N6O3/c1-28(2,3)37-33-25-8-5-4-7-24(25)31-26(35)22-11-9-21(10-12-22)23-13-15-30-27(32-23)29-14-6-16-34-17-19-36-20-18-34/h4-5,7-13,15,33H,6,14,16-20H2,1-3H3,(H,31,35)(H,29,30,32). The molecule has 0 saturated carbocycles. The maximum atomic E-state index is 12.9. The average molecular weight is 505 g/mol. The number of carbonyl (C=O) groups is 1. The lowest BCUT2D eigenvalue weighted by Crippen LogP contribution is -2.37. The van der Waals surface area contributed by atoms with E-state index in [1.54, 1.807) is 18.3 Å². The number of amides is 1. The highest BCUT2D eigenvalue weighted by molar-refractivity contribution is 6.06. The van der Waals surface area contributed by atoms with E-state index in [1.165, 1.54) is 0 Å². The number of anilines is 3. The Kier molecular flexibility index (Phi) is 9.05. The smallest absolute Gasteiger partial charge is 0.255 e. The fourth-order valence-corrected chi connectivity index (χ4v) is 3.81. The fraction of sp³-hybridized carbons (Fsp3) is 0.393. The van der Waals surface area contributed by atoms with Gasteiger partial charge >= 0.3 is 0 Å². The molecule has 9 nitrogen and oxygen atoms in total. The molecule has 0 atom stereocenters. The zero-order chi connectivity index (χ0) is 26.1. The summed E-state index contributed by atoms with van der Waals surface area (Å²) in [6.07, 6.45) is 2.76. The average Bonchev–Trinajstić information content (AvgIpc) is 2.91. The van der Waals surface area contributed by atoms with Crippen LogP contribution in [0.3, 0.4) is 0 Å². The molecule has 1 amide bonds. The van der Waals surface area contributed by atoms with Gasteiger partial charge in [-0.05, 0) is 64.1 Å². The van der Waals surface area contributed by atoms with Crippen molar-refractivity contribution in [3.63, 3.8) is 0 Å². The molecular formula is C28H36N6O3. The summed E-state index contributed by atoms with van der Waals surface area (Å²) in [4.78, 5) is 30.0. The van der Waals surface area contributed by atoms with Gasteiger partial charge in [-0.25, -0.2) is 9.97 Å². The number of aromatic nitrogens is 2. The molecule has 0 spiro atoms. The molecule has 3 aromatic rings. The fourth-order valence-electron chi connectivity index (χ4n) is 3.81. The van der Waals surface area contributed by atoms with E-state index in [-0.39, 0.29) is 11.5 Å². The molecule has 3 N–H and O–H groups in total. The molecule has 0 unspecified atom stereocenters. The van der Waals surface area contributed by atoms with Gasteiger partial charge in [0, 0.05) is 37.0 Å². The summed E-state index contributed by atoms with van der Waals surface area (Å²) in [6, 6.07) is 16.7. The third-order valence-electron chi connectivity index (χ3n) is 5.78. The van der Waals surface area contributed by atoms with Gasteiger partial charge in [-0.15, -0.1) is 0 Å². The van der Waals surface area contributed by atoms with Crippen LogP contribution in [-0.2, 0) is 9.57 Å². The first-order chi connectivity index (χ1) is 17.9. The van der Waals surface area contributed by atoms with Crippen molar-refractivity contribution >= 4 is 23.2 Å². The molecule has 1 aliphatic rings. The van der Waals surface area contributed by atoms with Gasteiger partial charge in [0.15, 0.2) is 0 Å². The van der Waals surface area contributed by atoms with Crippen LogP contribution in [0, 0.1) is 0 Å². The van der Waals surface area contributed by atoms with Crippen molar-refractivity contribution < 1.29 is 14.4 Å². The first kappa shape index (κ1) is 26.5. The number of benzene rings is 2. The molecule has 4 rings (SSSR count). The number of ether oxygens (including phenoxy) is 1. The van der Waals surface area contributed by atoms with Crippen molar-refractivity contribution in [1.29, 1.82) is 0 Å². The van der Waals surface area contributed by atoms with E-state index < -0.39 is 0 Å². The second kappa shape index (κ2) is 12.6. The van der Waals surface area contributed by atoms with Crippen LogP contribution >= 0.6 is 0 Å². The predicted octanol–water partition coefficient (Wildman–Crippen LogP) is 4.67. The SMILES string of the molecule is CC(C)(C)ONc1ccccc1NC(=O)c1ccc(-c2ccnc(NCCCN3CCOCC3)n2)cc1. The highest BCUT2D eigenvalue weighted by Crippen LogP contribution is 2.24. The number of rotatable bonds is 10. The summed E-state index contributed by atoms with van der Waals surface area (Å²) >= 11 is 0. The summed E-state index contributed by atoms with van der Waals surface area (Å²) < 4.78 is 5.39. The molecule has 9 heteroatoms. The minimum Gasteiger partial charge on any atom is -0.379 e. The molecule has 37 heavy (non-hydrogen) atoms. The minimum atomic E-state index is -0.369. The van der Waals surface area contributed by atoms with Crippen LogP contribution in [0.4, 0.5) is 17.3 Å². The number of hydrogen-bond acceptors (Lipinski definition) is 8. The van der Waals surface area contributed by atoms with Crippen molar-refractivity contribution in [2.45, 2.75) is 32.8 Å². The Labute approximate surface area is 218 Å². The van der Waals surface area contributed by atoms with E-state index in [2.05, 4.69) is 31.0 Å². The van der Waals surface area contributed by atoms with Gasteiger partial charge in [0.25, 0.3) is 5.91 Å². The Morgan fingerprint density at radius 3 is 2.49 bits per heavy atom. The third kappa shape index (κ3) is 8.24.